The van der Waals surface area contributed by atoms with E-state index in [-0.39, 0.29) is 23.1 Å². The number of pyridine rings is 1. The highest BCUT2D eigenvalue weighted by atomic mass is 32.2. The number of carboxylic acids is 1. The molecular formula is C11H15N3O4S. The first kappa shape index (κ1) is 15.2. The number of carbonyl (C=O) groups is 1. The molecule has 1 heterocycles. The van der Waals surface area contributed by atoms with Crippen molar-refractivity contribution in [3.63, 3.8) is 0 Å². The molecule has 0 radical (unpaired) electrons. The monoisotopic (exact) mass is 285 g/mol. The normalized spacial score (nSPS) is 11.9. The Balaban J connectivity index is 2.94. The van der Waals surface area contributed by atoms with Crippen molar-refractivity contribution in [2.45, 2.75) is 19.9 Å². The van der Waals surface area contributed by atoms with Gasteiger partial charge in [0.1, 0.15) is 0 Å². The van der Waals surface area contributed by atoms with Crippen LogP contribution in [0.2, 0.25) is 0 Å². The summed E-state index contributed by atoms with van der Waals surface area (Å²) < 4.78 is 0. The Morgan fingerprint density at radius 3 is 2.89 bits per heavy atom. The van der Waals surface area contributed by atoms with Crippen LogP contribution in [0.4, 0.5) is 11.5 Å². The van der Waals surface area contributed by atoms with Gasteiger partial charge < -0.3 is 10.4 Å². The summed E-state index contributed by atoms with van der Waals surface area (Å²) >= 11 is 1.70. The molecule has 1 aromatic rings. The number of nitrogens with one attached hydrogen (secondary N) is 1. The lowest BCUT2D eigenvalue weighted by molar-refractivity contribution is -0.384. The van der Waals surface area contributed by atoms with Gasteiger partial charge in [0.05, 0.1) is 10.5 Å². The first-order chi connectivity index (χ1) is 8.95. The summed E-state index contributed by atoms with van der Waals surface area (Å²) in [5.41, 5.74) is -0.527. The molecule has 1 rings (SSSR count). The van der Waals surface area contributed by atoms with Crippen LogP contribution >= 0.6 is 11.8 Å². The van der Waals surface area contributed by atoms with Gasteiger partial charge in [-0.3, -0.25) is 10.1 Å². The summed E-state index contributed by atoms with van der Waals surface area (Å²) in [5.74, 6) is 0.603. The number of carboxylic acid groups (broad SMARTS) is 1. The second kappa shape index (κ2) is 6.93. The van der Waals surface area contributed by atoms with Gasteiger partial charge in [0.25, 0.3) is 0 Å². The van der Waals surface area contributed by atoms with Crippen LogP contribution in [0.25, 0.3) is 0 Å². The van der Waals surface area contributed by atoms with Crippen molar-refractivity contribution in [1.29, 1.82) is 0 Å². The van der Waals surface area contributed by atoms with Crippen LogP contribution in [0.3, 0.4) is 0 Å². The average molecular weight is 285 g/mol. The van der Waals surface area contributed by atoms with E-state index in [4.69, 9.17) is 5.11 Å². The van der Waals surface area contributed by atoms with Gasteiger partial charge in [-0.2, -0.15) is 11.8 Å². The molecule has 0 fully saturated rings. The quantitative estimate of drug-likeness (QED) is 0.584. The van der Waals surface area contributed by atoms with Crippen molar-refractivity contribution in [1.82, 2.24) is 4.98 Å². The zero-order valence-electron chi connectivity index (χ0n) is 10.6. The van der Waals surface area contributed by atoms with Crippen molar-refractivity contribution in [2.75, 3.05) is 16.8 Å². The molecule has 0 aromatic carbocycles. The smallest absolute Gasteiger partial charge is 0.337 e. The van der Waals surface area contributed by atoms with Gasteiger partial charge in [-0.25, -0.2) is 9.78 Å². The first-order valence-electron chi connectivity index (χ1n) is 5.67. The van der Waals surface area contributed by atoms with Crippen LogP contribution in [0.5, 0.6) is 0 Å². The molecule has 1 unspecified atom stereocenters. The molecule has 0 aliphatic rings. The van der Waals surface area contributed by atoms with Crippen LogP contribution in [-0.4, -0.2) is 38.5 Å². The second-order valence-electron chi connectivity index (χ2n) is 3.86. The topological polar surface area (TPSA) is 105 Å². The minimum absolute atomic E-state index is 0.00632. The Labute approximate surface area is 114 Å². The SMILES string of the molecule is CCSCC(C)Nc1ncc(C(=O)O)cc1[N+](=O)[O-]. The molecule has 8 heteroatoms. The number of hydrogen-bond donors (Lipinski definition) is 2. The van der Waals surface area contributed by atoms with Crippen molar-refractivity contribution >= 4 is 29.2 Å². The van der Waals surface area contributed by atoms with E-state index in [9.17, 15) is 14.9 Å². The van der Waals surface area contributed by atoms with E-state index in [1.54, 1.807) is 11.8 Å². The second-order valence-corrected chi connectivity index (χ2v) is 5.18. The van der Waals surface area contributed by atoms with Crippen molar-refractivity contribution in [2.24, 2.45) is 0 Å². The van der Waals surface area contributed by atoms with E-state index < -0.39 is 10.9 Å². The summed E-state index contributed by atoms with van der Waals surface area (Å²) in [5, 5.41) is 22.6. The highest BCUT2D eigenvalue weighted by Gasteiger charge is 2.20. The van der Waals surface area contributed by atoms with E-state index in [0.717, 1.165) is 23.8 Å². The maximum absolute atomic E-state index is 10.9. The molecule has 0 aliphatic heterocycles. The Morgan fingerprint density at radius 1 is 1.68 bits per heavy atom. The Bertz CT molecular complexity index is 481. The molecule has 1 atom stereocenters. The van der Waals surface area contributed by atoms with Gasteiger partial charge in [-0.05, 0) is 12.7 Å². The number of thioether (sulfide) groups is 1. The third-order valence-electron chi connectivity index (χ3n) is 2.27. The zero-order chi connectivity index (χ0) is 14.4. The van der Waals surface area contributed by atoms with Crippen LogP contribution in [0.1, 0.15) is 24.2 Å². The standard InChI is InChI=1S/C11H15N3O4S/c1-3-19-6-7(2)13-10-9(14(17)18)4-8(5-12-10)11(15)16/h4-5,7H,3,6H2,1-2H3,(H,12,13)(H,15,16). The fraction of sp³-hybridized carbons (Fsp3) is 0.455. The van der Waals surface area contributed by atoms with E-state index in [0.29, 0.717) is 0 Å². The van der Waals surface area contributed by atoms with E-state index in [1.807, 2.05) is 13.8 Å². The lowest BCUT2D eigenvalue weighted by atomic mass is 10.2. The molecule has 0 saturated heterocycles. The molecule has 19 heavy (non-hydrogen) atoms. The predicted octanol–water partition coefficient (Wildman–Crippen LogP) is 2.24. The largest absolute Gasteiger partial charge is 0.478 e. The number of aromatic nitrogens is 1. The predicted molar refractivity (Wildman–Crippen MR) is 73.9 cm³/mol. The third kappa shape index (κ3) is 4.40. The summed E-state index contributed by atoms with van der Waals surface area (Å²) in [6.45, 7) is 3.92. The molecule has 0 saturated carbocycles. The number of rotatable bonds is 7. The molecule has 104 valence electrons. The Kier molecular flexibility index (Phi) is 5.56. The number of nitro groups is 1. The number of nitrogens with zero attached hydrogens (tertiary/aromatic N) is 2. The number of anilines is 1. The van der Waals surface area contributed by atoms with Gasteiger partial charge in [0.2, 0.25) is 5.82 Å². The summed E-state index contributed by atoms with van der Waals surface area (Å²) in [6.07, 6.45) is 1.11. The van der Waals surface area contributed by atoms with Gasteiger partial charge >= 0.3 is 11.7 Å². The van der Waals surface area contributed by atoms with Crippen LogP contribution < -0.4 is 5.32 Å². The minimum atomic E-state index is -1.24. The molecule has 0 bridgehead atoms. The van der Waals surface area contributed by atoms with E-state index in [1.165, 1.54) is 0 Å². The number of aromatic carboxylic acids is 1. The van der Waals surface area contributed by atoms with Gasteiger partial charge in [-0.15, -0.1) is 0 Å². The van der Waals surface area contributed by atoms with Gasteiger partial charge in [-0.1, -0.05) is 6.92 Å². The van der Waals surface area contributed by atoms with Gasteiger partial charge in [0.15, 0.2) is 0 Å². The van der Waals surface area contributed by atoms with Crippen LogP contribution in [-0.2, 0) is 0 Å². The Morgan fingerprint density at radius 2 is 2.37 bits per heavy atom. The fourth-order valence-corrected chi connectivity index (χ4v) is 2.06. The van der Waals surface area contributed by atoms with Crippen molar-refractivity contribution in [3.05, 3.63) is 27.9 Å². The maximum atomic E-state index is 10.9. The van der Waals surface area contributed by atoms with E-state index >= 15 is 0 Å². The third-order valence-corrected chi connectivity index (χ3v) is 3.41. The molecular weight excluding hydrogens is 270 g/mol. The number of hydrogen-bond acceptors (Lipinski definition) is 6. The first-order valence-corrected chi connectivity index (χ1v) is 6.83. The lowest BCUT2D eigenvalue weighted by Crippen LogP contribution is -2.20. The van der Waals surface area contributed by atoms with Crippen LogP contribution in [0.15, 0.2) is 12.3 Å². The Hall–Kier alpha value is -1.83. The average Bonchev–Trinajstić information content (AvgIpc) is 2.36. The molecule has 0 amide bonds. The van der Waals surface area contributed by atoms with Crippen LogP contribution in [0, 0.1) is 10.1 Å². The maximum Gasteiger partial charge on any atom is 0.337 e. The molecule has 7 nitrogen and oxygen atoms in total. The lowest BCUT2D eigenvalue weighted by Gasteiger charge is -2.13. The zero-order valence-corrected chi connectivity index (χ0v) is 11.4. The van der Waals surface area contributed by atoms with Crippen molar-refractivity contribution in [3.8, 4) is 0 Å². The fourth-order valence-electron chi connectivity index (χ4n) is 1.39. The molecule has 0 aliphatic carbocycles. The highest BCUT2D eigenvalue weighted by Crippen LogP contribution is 2.24. The summed E-state index contributed by atoms with van der Waals surface area (Å²) in [7, 11) is 0. The molecule has 0 spiro atoms. The molecule has 2 N–H and O–H groups in total. The molecule has 1 aromatic heterocycles. The summed E-state index contributed by atoms with van der Waals surface area (Å²) in [6, 6.07) is 1.02. The summed E-state index contributed by atoms with van der Waals surface area (Å²) in [4.78, 5) is 24.9. The van der Waals surface area contributed by atoms with Gasteiger partial charge in [0, 0.05) is 24.1 Å². The minimum Gasteiger partial charge on any atom is -0.478 e. The van der Waals surface area contributed by atoms with E-state index in [2.05, 4.69) is 10.3 Å². The highest BCUT2D eigenvalue weighted by molar-refractivity contribution is 7.99. The van der Waals surface area contributed by atoms with Crippen molar-refractivity contribution < 1.29 is 14.8 Å².